The molecule has 0 radical (unpaired) electrons. The Kier molecular flexibility index (Phi) is 2.18. The van der Waals surface area contributed by atoms with Gasteiger partial charge in [0.25, 0.3) is 0 Å². The third-order valence-corrected chi connectivity index (χ3v) is 1.78. The van der Waals surface area contributed by atoms with Crippen LogP contribution in [0, 0.1) is 0 Å². The van der Waals surface area contributed by atoms with Crippen LogP contribution in [0.25, 0.3) is 11.2 Å². The Labute approximate surface area is 80.7 Å². The van der Waals surface area contributed by atoms with Crippen LogP contribution in [0.2, 0.25) is 0 Å². The second-order valence-corrected chi connectivity index (χ2v) is 2.69. The topological polar surface area (TPSA) is 75.7 Å². The van der Waals surface area contributed by atoms with Crippen molar-refractivity contribution in [3.05, 3.63) is 6.33 Å². The molecule has 2 aromatic rings. The van der Waals surface area contributed by atoms with E-state index in [1.165, 1.54) is 0 Å². The lowest BCUT2D eigenvalue weighted by Crippen LogP contribution is -2.03. The number of hydrogen-bond acceptors (Lipinski definition) is 5. The fraction of sp³-hybridized carbons (Fsp3) is 0.375. The summed E-state index contributed by atoms with van der Waals surface area (Å²) in [7, 11) is 1.57. The fourth-order valence-corrected chi connectivity index (χ4v) is 1.19. The zero-order valence-corrected chi connectivity index (χ0v) is 8.03. The van der Waals surface area contributed by atoms with E-state index in [0.29, 0.717) is 23.0 Å². The molecule has 2 rings (SSSR count). The maximum Gasteiger partial charge on any atom is 0.244 e. The first-order valence-corrected chi connectivity index (χ1v) is 4.34. The summed E-state index contributed by atoms with van der Waals surface area (Å²) in [5.74, 6) is 1.03. The summed E-state index contributed by atoms with van der Waals surface area (Å²) in [6, 6.07) is 0. The highest BCUT2D eigenvalue weighted by Crippen LogP contribution is 2.19. The van der Waals surface area contributed by atoms with Gasteiger partial charge in [0.05, 0.1) is 13.4 Å². The zero-order chi connectivity index (χ0) is 9.97. The van der Waals surface area contributed by atoms with Gasteiger partial charge in [-0.05, 0) is 6.92 Å². The highest BCUT2D eigenvalue weighted by molar-refractivity contribution is 5.76. The second-order valence-electron chi connectivity index (χ2n) is 2.69. The first kappa shape index (κ1) is 8.74. The van der Waals surface area contributed by atoms with Crippen LogP contribution in [0.5, 0.6) is 5.88 Å². The van der Waals surface area contributed by atoms with Crippen molar-refractivity contribution in [1.29, 1.82) is 0 Å². The molecule has 0 bridgehead atoms. The van der Waals surface area contributed by atoms with E-state index in [4.69, 9.17) is 4.74 Å². The van der Waals surface area contributed by atoms with Crippen LogP contribution in [0.15, 0.2) is 6.33 Å². The van der Waals surface area contributed by atoms with Gasteiger partial charge >= 0.3 is 0 Å². The molecule has 0 aromatic carbocycles. The van der Waals surface area contributed by atoms with Crippen LogP contribution >= 0.6 is 0 Å². The SMILES string of the molecule is CCNc1nc(OC)c2[nH]cnc2n1. The molecule has 0 aliphatic rings. The molecule has 0 saturated carbocycles. The minimum absolute atomic E-state index is 0.503. The van der Waals surface area contributed by atoms with Gasteiger partial charge in [-0.1, -0.05) is 0 Å². The summed E-state index contributed by atoms with van der Waals surface area (Å²) in [4.78, 5) is 15.3. The average molecular weight is 193 g/mol. The van der Waals surface area contributed by atoms with Gasteiger partial charge in [-0.25, -0.2) is 4.98 Å². The lowest BCUT2D eigenvalue weighted by atomic mass is 10.5. The average Bonchev–Trinajstić information content (AvgIpc) is 2.65. The Bertz CT molecular complexity index is 438. The van der Waals surface area contributed by atoms with Crippen molar-refractivity contribution in [2.24, 2.45) is 0 Å². The molecule has 6 nitrogen and oxygen atoms in total. The summed E-state index contributed by atoms with van der Waals surface area (Å²) in [5.41, 5.74) is 1.32. The number of methoxy groups -OCH3 is 1. The molecule has 14 heavy (non-hydrogen) atoms. The lowest BCUT2D eigenvalue weighted by molar-refractivity contribution is 0.402. The lowest BCUT2D eigenvalue weighted by Gasteiger charge is -2.03. The predicted octanol–water partition coefficient (Wildman–Crippen LogP) is 0.793. The molecule has 0 spiro atoms. The van der Waals surface area contributed by atoms with Crippen molar-refractivity contribution in [2.45, 2.75) is 6.92 Å². The van der Waals surface area contributed by atoms with Crippen molar-refractivity contribution in [2.75, 3.05) is 19.0 Å². The fourth-order valence-electron chi connectivity index (χ4n) is 1.19. The molecular weight excluding hydrogens is 182 g/mol. The van der Waals surface area contributed by atoms with Crippen molar-refractivity contribution < 1.29 is 4.74 Å². The maximum absolute atomic E-state index is 5.11. The van der Waals surface area contributed by atoms with E-state index < -0.39 is 0 Å². The van der Waals surface area contributed by atoms with Crippen molar-refractivity contribution in [1.82, 2.24) is 19.9 Å². The standard InChI is InChI=1S/C8H11N5O/c1-3-9-8-12-6-5(10-4-11-6)7(13-8)14-2/h4H,3H2,1-2H3,(H2,9,10,11,12,13). The van der Waals surface area contributed by atoms with Crippen LogP contribution in [-0.2, 0) is 0 Å². The Morgan fingerprint density at radius 1 is 1.50 bits per heavy atom. The van der Waals surface area contributed by atoms with Gasteiger partial charge in [-0.2, -0.15) is 9.97 Å². The van der Waals surface area contributed by atoms with Gasteiger partial charge in [-0.3, -0.25) is 0 Å². The number of aromatic amines is 1. The Morgan fingerprint density at radius 2 is 2.36 bits per heavy atom. The number of anilines is 1. The molecule has 2 aromatic heterocycles. The number of imidazole rings is 1. The number of nitrogens with zero attached hydrogens (tertiary/aromatic N) is 3. The summed E-state index contributed by atoms with van der Waals surface area (Å²) in [5, 5.41) is 3.01. The molecule has 2 N–H and O–H groups in total. The Balaban J connectivity index is 2.55. The number of rotatable bonds is 3. The maximum atomic E-state index is 5.11. The van der Waals surface area contributed by atoms with E-state index in [1.54, 1.807) is 13.4 Å². The number of hydrogen-bond donors (Lipinski definition) is 2. The van der Waals surface area contributed by atoms with Crippen molar-refractivity contribution in [3.63, 3.8) is 0 Å². The Morgan fingerprint density at radius 3 is 3.07 bits per heavy atom. The smallest absolute Gasteiger partial charge is 0.244 e. The summed E-state index contributed by atoms with van der Waals surface area (Å²) in [6.07, 6.45) is 1.57. The zero-order valence-electron chi connectivity index (χ0n) is 8.03. The first-order chi connectivity index (χ1) is 6.85. The van der Waals surface area contributed by atoms with Crippen LogP contribution in [0.3, 0.4) is 0 Å². The van der Waals surface area contributed by atoms with Gasteiger partial charge < -0.3 is 15.0 Å². The van der Waals surface area contributed by atoms with E-state index in [0.717, 1.165) is 6.54 Å². The largest absolute Gasteiger partial charge is 0.479 e. The van der Waals surface area contributed by atoms with E-state index in [9.17, 15) is 0 Å². The molecule has 2 heterocycles. The number of fused-ring (bicyclic) bond motifs is 1. The monoisotopic (exact) mass is 193 g/mol. The van der Waals surface area contributed by atoms with Crippen LogP contribution in [-0.4, -0.2) is 33.6 Å². The summed E-state index contributed by atoms with van der Waals surface area (Å²) < 4.78 is 5.11. The number of nitrogens with one attached hydrogen (secondary N) is 2. The van der Waals surface area contributed by atoms with E-state index >= 15 is 0 Å². The molecule has 0 aliphatic heterocycles. The molecular formula is C8H11N5O. The predicted molar refractivity (Wildman–Crippen MR) is 52.4 cm³/mol. The molecule has 0 fully saturated rings. The van der Waals surface area contributed by atoms with Crippen LogP contribution in [0.1, 0.15) is 6.92 Å². The van der Waals surface area contributed by atoms with Crippen molar-refractivity contribution in [3.8, 4) is 5.88 Å². The van der Waals surface area contributed by atoms with Crippen LogP contribution in [0.4, 0.5) is 5.95 Å². The van der Waals surface area contributed by atoms with E-state index in [-0.39, 0.29) is 0 Å². The second kappa shape index (κ2) is 3.49. The third-order valence-electron chi connectivity index (χ3n) is 1.78. The highest BCUT2D eigenvalue weighted by atomic mass is 16.5. The molecule has 0 amide bonds. The van der Waals surface area contributed by atoms with Gasteiger partial charge in [0.2, 0.25) is 11.8 Å². The quantitative estimate of drug-likeness (QED) is 0.753. The molecule has 0 unspecified atom stereocenters. The number of aromatic nitrogens is 4. The highest BCUT2D eigenvalue weighted by Gasteiger charge is 2.08. The number of ether oxygens (including phenoxy) is 1. The third kappa shape index (κ3) is 1.34. The Hall–Kier alpha value is -1.85. The molecule has 0 saturated heterocycles. The van der Waals surface area contributed by atoms with E-state index in [2.05, 4.69) is 25.3 Å². The van der Waals surface area contributed by atoms with Gasteiger partial charge in [0, 0.05) is 6.54 Å². The van der Waals surface area contributed by atoms with Gasteiger partial charge in [-0.15, -0.1) is 0 Å². The summed E-state index contributed by atoms with van der Waals surface area (Å²) in [6.45, 7) is 2.74. The van der Waals surface area contributed by atoms with Crippen LogP contribution < -0.4 is 10.1 Å². The number of H-pyrrole nitrogens is 1. The normalized spacial score (nSPS) is 10.4. The molecule has 74 valence electrons. The van der Waals surface area contributed by atoms with Crippen molar-refractivity contribution >= 4 is 17.1 Å². The van der Waals surface area contributed by atoms with Gasteiger partial charge in [0.1, 0.15) is 5.52 Å². The summed E-state index contributed by atoms with van der Waals surface area (Å²) >= 11 is 0. The van der Waals surface area contributed by atoms with E-state index in [1.807, 2.05) is 6.92 Å². The minimum Gasteiger partial charge on any atom is -0.479 e. The molecule has 6 heteroatoms. The first-order valence-electron chi connectivity index (χ1n) is 4.34. The molecule has 0 aliphatic carbocycles. The molecule has 0 atom stereocenters. The van der Waals surface area contributed by atoms with Gasteiger partial charge in [0.15, 0.2) is 5.65 Å². The minimum atomic E-state index is 0.503.